The molecule has 0 unspecified atom stereocenters. The van der Waals surface area contributed by atoms with Crippen molar-refractivity contribution in [3.63, 3.8) is 0 Å². The molecule has 3 nitrogen and oxygen atoms in total. The molecule has 0 saturated carbocycles. The lowest BCUT2D eigenvalue weighted by Gasteiger charge is -2.33. The predicted octanol–water partition coefficient (Wildman–Crippen LogP) is 16.6. The fraction of sp³-hybridized carbons (Fsp3) is 0.385. The van der Waals surface area contributed by atoms with Crippen LogP contribution in [0.1, 0.15) is 132 Å². The number of nitrogens with zero attached hydrogens (tertiary/aromatic N) is 2. The summed E-state index contributed by atoms with van der Waals surface area (Å²) in [5.41, 5.74) is 13.6. The van der Waals surface area contributed by atoms with Gasteiger partial charge in [-0.1, -0.05) is 140 Å². The van der Waals surface area contributed by atoms with Gasteiger partial charge in [0, 0.05) is 32.6 Å². The van der Waals surface area contributed by atoms with E-state index in [1.807, 2.05) is 6.26 Å². The van der Waals surface area contributed by atoms with Crippen molar-refractivity contribution in [3.8, 4) is 0 Å². The average Bonchev–Trinajstić information content (AvgIpc) is 3.51. The van der Waals surface area contributed by atoms with Gasteiger partial charge in [-0.2, -0.15) is 0 Å². The number of hydrogen-bond donors (Lipinski definition) is 0. The van der Waals surface area contributed by atoms with Crippen LogP contribution in [-0.4, -0.2) is 0 Å². The van der Waals surface area contributed by atoms with E-state index in [0.29, 0.717) is 0 Å². The maximum absolute atomic E-state index is 6.37. The molecule has 1 heterocycles. The molecule has 0 atom stereocenters. The monoisotopic (exact) mass is 810 g/mol. The molecule has 0 aliphatic heterocycles. The Labute approximate surface area is 346 Å². The Kier molecular flexibility index (Phi) is 10.8. The smallest absolute Gasteiger partial charge is 0.136 e. The molecule has 56 heavy (non-hydrogen) atoms. The summed E-state index contributed by atoms with van der Waals surface area (Å²) in [5, 5.41) is 1.09. The molecule has 5 aromatic carbocycles. The van der Waals surface area contributed by atoms with Gasteiger partial charge in [0.1, 0.15) is 11.8 Å². The van der Waals surface area contributed by atoms with Crippen molar-refractivity contribution in [2.45, 2.75) is 131 Å². The minimum Gasteiger partial charge on any atom is -0.462 e. The zero-order valence-electron chi connectivity index (χ0n) is 36.6. The highest BCUT2D eigenvalue weighted by atomic mass is 79.9. The molecule has 6 rings (SSSR count). The van der Waals surface area contributed by atoms with Crippen molar-refractivity contribution >= 4 is 61.0 Å². The quantitative estimate of drug-likeness (QED) is 0.167. The summed E-state index contributed by atoms with van der Waals surface area (Å²) >= 11 is 4.02. The lowest BCUT2D eigenvalue weighted by molar-refractivity contribution is 0.589. The van der Waals surface area contributed by atoms with Crippen LogP contribution in [0.15, 0.2) is 118 Å². The van der Waals surface area contributed by atoms with E-state index in [2.05, 4.69) is 233 Å². The number of anilines is 6. The molecule has 0 radical (unpaired) electrons. The first-order valence-electron chi connectivity index (χ1n) is 20.1. The Morgan fingerprint density at radius 3 is 1.21 bits per heavy atom. The number of benzene rings is 5. The largest absolute Gasteiger partial charge is 0.462 e. The van der Waals surface area contributed by atoms with Gasteiger partial charge in [-0.25, -0.2) is 0 Å². The van der Waals surface area contributed by atoms with E-state index in [4.69, 9.17) is 4.42 Å². The summed E-state index contributed by atoms with van der Waals surface area (Å²) in [6.45, 7) is 34.2. The standard InChI is InChI=1S/C52H63BrN2O/c1-48(2,3)34-16-22-39(23-17-34)54(45-31-37(51(10,11)12)20-26-44(45)53)41-28-38(52(13,14)15)29-42(32-41)55(40-24-18-35(19-25-40)49(4,5)6)46-33-56-47-27-21-36(30-43(46)47)50(7,8)9/h16-33H,1-15H3. The van der Waals surface area contributed by atoms with Crippen LogP contribution in [0.4, 0.5) is 34.1 Å². The zero-order chi connectivity index (χ0) is 41.2. The van der Waals surface area contributed by atoms with Crippen LogP contribution < -0.4 is 9.80 Å². The molecule has 0 bridgehead atoms. The van der Waals surface area contributed by atoms with Gasteiger partial charge in [0.15, 0.2) is 0 Å². The van der Waals surface area contributed by atoms with Gasteiger partial charge in [-0.3, -0.25) is 0 Å². The minimum absolute atomic E-state index is 0.0146. The van der Waals surface area contributed by atoms with Gasteiger partial charge >= 0.3 is 0 Å². The first-order chi connectivity index (χ1) is 25.8. The van der Waals surface area contributed by atoms with Crippen LogP contribution in [0, 0.1) is 0 Å². The Morgan fingerprint density at radius 2 is 0.768 bits per heavy atom. The van der Waals surface area contributed by atoms with E-state index < -0.39 is 0 Å². The third kappa shape index (κ3) is 8.66. The second kappa shape index (κ2) is 14.6. The van der Waals surface area contributed by atoms with E-state index in [9.17, 15) is 0 Å². The fourth-order valence-electron chi connectivity index (χ4n) is 7.17. The molecule has 0 N–H and O–H groups in total. The van der Waals surface area contributed by atoms with Crippen LogP contribution >= 0.6 is 15.9 Å². The highest BCUT2D eigenvalue weighted by Gasteiger charge is 2.28. The molecule has 0 amide bonds. The van der Waals surface area contributed by atoms with Gasteiger partial charge < -0.3 is 14.2 Å². The average molecular weight is 812 g/mol. The van der Waals surface area contributed by atoms with Crippen molar-refractivity contribution in [3.05, 3.63) is 142 Å². The second-order valence-corrected chi connectivity index (χ2v) is 21.6. The van der Waals surface area contributed by atoms with Crippen molar-refractivity contribution in [2.75, 3.05) is 9.80 Å². The number of fused-ring (bicyclic) bond motifs is 1. The lowest BCUT2D eigenvalue weighted by Crippen LogP contribution is -2.19. The Morgan fingerprint density at radius 1 is 0.375 bits per heavy atom. The molecule has 0 fully saturated rings. The molecule has 0 spiro atoms. The van der Waals surface area contributed by atoms with Gasteiger partial charge in [0.25, 0.3) is 0 Å². The third-order valence-electron chi connectivity index (χ3n) is 11.0. The Hall–Kier alpha value is -4.28. The Balaban J connectivity index is 1.68. The van der Waals surface area contributed by atoms with E-state index in [-0.39, 0.29) is 27.1 Å². The lowest BCUT2D eigenvalue weighted by atomic mass is 9.85. The van der Waals surface area contributed by atoms with Crippen molar-refractivity contribution < 1.29 is 4.42 Å². The topological polar surface area (TPSA) is 19.6 Å². The maximum atomic E-state index is 6.37. The molecule has 0 aliphatic carbocycles. The molecule has 4 heteroatoms. The molecule has 294 valence electrons. The predicted molar refractivity (Wildman–Crippen MR) is 247 cm³/mol. The zero-order valence-corrected chi connectivity index (χ0v) is 38.2. The fourth-order valence-corrected chi connectivity index (χ4v) is 7.59. The molecule has 6 aromatic rings. The number of rotatable bonds is 6. The van der Waals surface area contributed by atoms with Crippen LogP contribution in [0.3, 0.4) is 0 Å². The molecule has 1 aromatic heterocycles. The van der Waals surface area contributed by atoms with Gasteiger partial charge in [0.05, 0.1) is 11.4 Å². The summed E-state index contributed by atoms with van der Waals surface area (Å²) in [6.07, 6.45) is 1.94. The van der Waals surface area contributed by atoms with Crippen LogP contribution in [0.25, 0.3) is 11.0 Å². The van der Waals surface area contributed by atoms with Crippen molar-refractivity contribution in [2.24, 2.45) is 0 Å². The second-order valence-electron chi connectivity index (χ2n) is 20.8. The SMILES string of the molecule is CC(C)(C)c1ccc(N(c2cc(N(c3ccc(C(C)(C)C)cc3)c3coc4ccc(C(C)(C)C)cc34)cc(C(C)(C)C)c2)c2cc(C(C)(C)C)ccc2Br)cc1. The minimum atomic E-state index is -0.142. The first kappa shape index (κ1) is 41.4. The highest BCUT2D eigenvalue weighted by molar-refractivity contribution is 9.10. The van der Waals surface area contributed by atoms with Gasteiger partial charge in [-0.05, 0) is 138 Å². The molecule has 0 saturated heterocycles. The summed E-state index contributed by atoms with van der Waals surface area (Å²) in [5.74, 6) is 0. The number of furan rings is 1. The normalized spacial score (nSPS) is 13.0. The summed E-state index contributed by atoms with van der Waals surface area (Å²) in [6, 6.07) is 38.7. The van der Waals surface area contributed by atoms with E-state index in [1.165, 1.54) is 27.8 Å². The van der Waals surface area contributed by atoms with Gasteiger partial charge in [-0.15, -0.1) is 0 Å². The van der Waals surface area contributed by atoms with Crippen LogP contribution in [0.5, 0.6) is 0 Å². The first-order valence-corrected chi connectivity index (χ1v) is 20.9. The molecular formula is C52H63BrN2O. The van der Waals surface area contributed by atoms with E-state index in [1.54, 1.807) is 0 Å². The number of halogens is 1. The van der Waals surface area contributed by atoms with Crippen molar-refractivity contribution in [1.82, 2.24) is 0 Å². The van der Waals surface area contributed by atoms with Crippen LogP contribution in [-0.2, 0) is 27.1 Å². The van der Waals surface area contributed by atoms with Crippen LogP contribution in [0.2, 0.25) is 0 Å². The van der Waals surface area contributed by atoms with E-state index >= 15 is 0 Å². The van der Waals surface area contributed by atoms with Crippen molar-refractivity contribution in [1.29, 1.82) is 0 Å². The number of hydrogen-bond acceptors (Lipinski definition) is 3. The summed E-state index contributed by atoms with van der Waals surface area (Å²) in [4.78, 5) is 4.82. The third-order valence-corrected chi connectivity index (χ3v) is 11.7. The summed E-state index contributed by atoms with van der Waals surface area (Å²) in [7, 11) is 0. The summed E-state index contributed by atoms with van der Waals surface area (Å²) < 4.78 is 7.41. The van der Waals surface area contributed by atoms with E-state index in [0.717, 1.165) is 49.6 Å². The van der Waals surface area contributed by atoms with Gasteiger partial charge in [0.2, 0.25) is 0 Å². The molecular weight excluding hydrogens is 748 g/mol. The molecule has 0 aliphatic rings. The highest BCUT2D eigenvalue weighted by Crippen LogP contribution is 2.48. The maximum Gasteiger partial charge on any atom is 0.136 e. The Bertz CT molecular complexity index is 2330.